The number of para-hydroxylation sites is 1. The molecule has 0 aliphatic carbocycles. The highest BCUT2D eigenvalue weighted by Crippen LogP contribution is 2.38. The molecule has 4 aromatic rings. The van der Waals surface area contributed by atoms with E-state index in [1.54, 1.807) is 24.7 Å². The van der Waals surface area contributed by atoms with Crippen LogP contribution in [0.5, 0.6) is 5.75 Å². The molecular weight excluding hydrogens is 588 g/mol. The van der Waals surface area contributed by atoms with E-state index in [2.05, 4.69) is 20.9 Å². The van der Waals surface area contributed by atoms with E-state index in [9.17, 15) is 14.9 Å². The van der Waals surface area contributed by atoms with E-state index in [1.165, 1.54) is 0 Å². The molecule has 2 aromatic carbocycles. The highest BCUT2D eigenvalue weighted by molar-refractivity contribution is 5.97. The van der Waals surface area contributed by atoms with Crippen molar-refractivity contribution >= 4 is 17.6 Å². The summed E-state index contributed by atoms with van der Waals surface area (Å²) in [6.45, 7) is 4.08. The molecule has 0 bridgehead atoms. The predicted molar refractivity (Wildman–Crippen MR) is 180 cm³/mol. The number of nitrogens with zero attached hydrogens (tertiary/aromatic N) is 6. The first kappa shape index (κ1) is 31.7. The number of fused-ring (bicyclic) bond motifs is 1. The van der Waals surface area contributed by atoms with Crippen LogP contribution in [0.3, 0.4) is 0 Å². The third-order valence-corrected chi connectivity index (χ3v) is 9.39. The average Bonchev–Trinajstić information content (AvgIpc) is 3.13. The summed E-state index contributed by atoms with van der Waals surface area (Å²) in [7, 11) is 0. The fourth-order valence-corrected chi connectivity index (χ4v) is 6.58. The number of nitriles is 1. The maximum Gasteiger partial charge on any atom is 0.257 e. The Bertz CT molecular complexity index is 1680. The number of piperidine rings is 1. The van der Waals surface area contributed by atoms with E-state index in [4.69, 9.17) is 4.74 Å². The lowest BCUT2D eigenvalue weighted by Gasteiger charge is -2.42. The molecule has 1 saturated heterocycles. The summed E-state index contributed by atoms with van der Waals surface area (Å²) in [6.07, 6.45) is 8.85. The molecule has 0 atom stereocenters. The van der Waals surface area contributed by atoms with Crippen molar-refractivity contribution in [2.45, 2.75) is 38.6 Å². The van der Waals surface area contributed by atoms with Crippen LogP contribution in [-0.4, -0.2) is 70.9 Å². The first-order valence-corrected chi connectivity index (χ1v) is 16.3. The summed E-state index contributed by atoms with van der Waals surface area (Å²) >= 11 is 0. The summed E-state index contributed by atoms with van der Waals surface area (Å²) in [5.41, 5.74) is 2.88. The van der Waals surface area contributed by atoms with E-state index >= 15 is 0 Å². The van der Waals surface area contributed by atoms with Gasteiger partial charge in [0.2, 0.25) is 5.91 Å². The molecule has 1 spiro atoms. The van der Waals surface area contributed by atoms with Gasteiger partial charge in [-0.1, -0.05) is 48.5 Å². The third kappa shape index (κ3) is 7.95. The highest BCUT2D eigenvalue weighted by Gasteiger charge is 2.37. The number of benzene rings is 2. The lowest BCUT2D eigenvalue weighted by atomic mass is 9.75. The molecule has 0 N–H and O–H groups in total. The zero-order valence-corrected chi connectivity index (χ0v) is 26.6. The Morgan fingerprint density at radius 3 is 2.38 bits per heavy atom. The molecule has 1 fully saturated rings. The van der Waals surface area contributed by atoms with Crippen molar-refractivity contribution in [3.05, 3.63) is 120 Å². The molecule has 9 nitrogen and oxygen atoms in total. The zero-order chi connectivity index (χ0) is 32.5. The van der Waals surface area contributed by atoms with Gasteiger partial charge in [-0.05, 0) is 67.1 Å². The number of amides is 2. The van der Waals surface area contributed by atoms with Gasteiger partial charge in [0, 0.05) is 63.3 Å². The second-order valence-corrected chi connectivity index (χ2v) is 12.5. The molecule has 47 heavy (non-hydrogen) atoms. The Hall–Kier alpha value is -5.23. The van der Waals surface area contributed by atoms with Crippen molar-refractivity contribution < 1.29 is 14.3 Å². The van der Waals surface area contributed by atoms with Crippen LogP contribution in [-0.2, 0) is 17.8 Å². The minimum Gasteiger partial charge on any atom is -0.492 e. The van der Waals surface area contributed by atoms with Crippen LogP contribution in [0.25, 0.3) is 0 Å². The summed E-state index contributed by atoms with van der Waals surface area (Å²) in [4.78, 5) is 42.3. The zero-order valence-electron chi connectivity index (χ0n) is 26.6. The molecule has 0 radical (unpaired) electrons. The van der Waals surface area contributed by atoms with Crippen molar-refractivity contribution in [1.82, 2.24) is 19.8 Å². The maximum atomic E-state index is 14.2. The quantitative estimate of drug-likeness (QED) is 0.287. The number of carbonyl (C=O) groups is 2. The van der Waals surface area contributed by atoms with Gasteiger partial charge in [0.1, 0.15) is 17.6 Å². The monoisotopic (exact) mass is 628 g/mol. The molecule has 6 rings (SSSR count). The lowest BCUT2D eigenvalue weighted by Crippen LogP contribution is -2.46. The summed E-state index contributed by atoms with van der Waals surface area (Å²) in [5.74, 6) is 1.41. The molecule has 2 aromatic heterocycles. The minimum atomic E-state index is -0.150. The van der Waals surface area contributed by atoms with Crippen LogP contribution in [0.15, 0.2) is 97.5 Å². The van der Waals surface area contributed by atoms with Crippen molar-refractivity contribution in [1.29, 1.82) is 5.26 Å². The average molecular weight is 629 g/mol. The number of aromatic nitrogens is 2. The van der Waals surface area contributed by atoms with Crippen molar-refractivity contribution in [3.63, 3.8) is 0 Å². The number of anilines is 1. The van der Waals surface area contributed by atoms with E-state index < -0.39 is 0 Å². The summed E-state index contributed by atoms with van der Waals surface area (Å²) in [6, 6.07) is 27.2. The first-order valence-electron chi connectivity index (χ1n) is 16.3. The number of hydrogen-bond donors (Lipinski definition) is 0. The smallest absolute Gasteiger partial charge is 0.257 e. The van der Waals surface area contributed by atoms with Crippen LogP contribution in [0, 0.1) is 16.7 Å². The van der Waals surface area contributed by atoms with Gasteiger partial charge < -0.3 is 19.4 Å². The van der Waals surface area contributed by atoms with Crippen molar-refractivity contribution in [2.24, 2.45) is 5.41 Å². The highest BCUT2D eigenvalue weighted by atomic mass is 16.5. The molecule has 2 aliphatic heterocycles. The van der Waals surface area contributed by atoms with Gasteiger partial charge in [-0.25, -0.2) is 4.98 Å². The Morgan fingerprint density at radius 1 is 0.851 bits per heavy atom. The van der Waals surface area contributed by atoms with E-state index in [0.29, 0.717) is 62.6 Å². The molecule has 9 heteroatoms. The Labute approximate surface area is 276 Å². The Balaban J connectivity index is 1.26. The summed E-state index contributed by atoms with van der Waals surface area (Å²) in [5, 5.41) is 9.34. The molecule has 2 aliphatic rings. The van der Waals surface area contributed by atoms with Gasteiger partial charge in [0.15, 0.2) is 0 Å². The fraction of sp³-hybridized carbons (Fsp3) is 0.342. The number of ether oxygens (including phenoxy) is 1. The number of carbonyl (C=O) groups excluding carboxylic acids is 2. The molecule has 4 heterocycles. The Kier molecular flexibility index (Phi) is 10.1. The van der Waals surface area contributed by atoms with Gasteiger partial charge in [0.05, 0.1) is 24.2 Å². The second-order valence-electron chi connectivity index (χ2n) is 12.5. The van der Waals surface area contributed by atoms with Gasteiger partial charge in [-0.2, -0.15) is 5.26 Å². The predicted octanol–water partition coefficient (Wildman–Crippen LogP) is 5.52. The third-order valence-electron chi connectivity index (χ3n) is 9.39. The molecule has 0 unspecified atom stereocenters. The van der Waals surface area contributed by atoms with Crippen molar-refractivity contribution in [2.75, 3.05) is 44.2 Å². The van der Waals surface area contributed by atoms with Crippen LogP contribution in [0.2, 0.25) is 0 Å². The topological polar surface area (TPSA) is 103 Å². The van der Waals surface area contributed by atoms with Crippen LogP contribution in [0.4, 0.5) is 5.82 Å². The first-order chi connectivity index (χ1) is 23.0. The van der Waals surface area contributed by atoms with Gasteiger partial charge in [0.25, 0.3) is 5.91 Å². The Morgan fingerprint density at radius 2 is 1.64 bits per heavy atom. The van der Waals surface area contributed by atoms with Crippen LogP contribution in [0.1, 0.15) is 52.7 Å². The van der Waals surface area contributed by atoms with E-state index in [0.717, 1.165) is 49.2 Å². The number of hydrogen-bond acceptors (Lipinski definition) is 7. The normalized spacial score (nSPS) is 17.0. The largest absolute Gasteiger partial charge is 0.492 e. The van der Waals surface area contributed by atoms with Crippen LogP contribution >= 0.6 is 0 Å². The number of likely N-dealkylation sites (tertiary alicyclic amines) is 1. The molecule has 240 valence electrons. The second kappa shape index (κ2) is 14.9. The van der Waals surface area contributed by atoms with E-state index in [-0.39, 0.29) is 17.2 Å². The minimum absolute atomic E-state index is 0.0821. The molecule has 0 saturated carbocycles. The number of rotatable bonds is 5. The van der Waals surface area contributed by atoms with Crippen LogP contribution < -0.4 is 9.64 Å². The van der Waals surface area contributed by atoms with Gasteiger partial charge in [-0.3, -0.25) is 14.6 Å². The molecular formula is C38H40N6O3. The summed E-state index contributed by atoms with van der Waals surface area (Å²) < 4.78 is 6.58. The fourth-order valence-electron chi connectivity index (χ4n) is 6.58. The number of pyridine rings is 2. The van der Waals surface area contributed by atoms with Gasteiger partial charge in [-0.15, -0.1) is 0 Å². The van der Waals surface area contributed by atoms with Gasteiger partial charge >= 0.3 is 0 Å². The maximum absolute atomic E-state index is 14.2. The SMILES string of the molecule is N#Cc1ccc(N2CCCC3(CCN(C(=O)Cc4cccnc4)CC3)COc3ccccc3C(=O)N(Cc3ccccc3)CC2)nc1. The standard InChI is InChI=1S/C38H40N6O3/c39-25-32-13-14-35(41-27-32)42-19-7-15-38(16-20-43(21-17-38)36(45)24-31-10-6-18-40-26-31)29-47-34-12-5-4-11-33(34)37(46)44(23-22-42)28-30-8-2-1-3-9-30/h1-6,8-14,18,26-27H,7,15-17,19-24,28-29H2. The lowest BCUT2D eigenvalue weighted by molar-refractivity contribution is -0.133. The van der Waals surface area contributed by atoms with E-state index in [1.807, 2.05) is 82.6 Å². The van der Waals surface area contributed by atoms with Crippen molar-refractivity contribution in [3.8, 4) is 11.8 Å². The molecule has 2 amide bonds.